The van der Waals surface area contributed by atoms with Crippen LogP contribution >= 0.6 is 0 Å². The molecule has 0 aliphatic carbocycles. The van der Waals surface area contributed by atoms with E-state index in [-0.39, 0.29) is 5.97 Å². The lowest BCUT2D eigenvalue weighted by Gasteiger charge is -2.36. The Morgan fingerprint density at radius 1 is 1.40 bits per heavy atom. The van der Waals surface area contributed by atoms with Crippen molar-refractivity contribution in [3.05, 3.63) is 0 Å². The highest BCUT2D eigenvalue weighted by Gasteiger charge is 2.34. The van der Waals surface area contributed by atoms with Crippen LogP contribution in [-0.4, -0.2) is 49.7 Å². The standard InChI is InChI=1S/C16H32N2O2/c1-6-17-16(4,15(19)20-5)9-12-18-10-7-14(8-11-18)13(2)3/h13-14,17H,6-12H2,1-5H3. The predicted molar refractivity (Wildman–Crippen MR) is 82.7 cm³/mol. The van der Waals surface area contributed by atoms with Crippen LogP contribution in [0.4, 0.5) is 0 Å². The van der Waals surface area contributed by atoms with E-state index in [1.165, 1.54) is 20.0 Å². The Bertz CT molecular complexity index is 299. The molecule has 1 atom stereocenters. The summed E-state index contributed by atoms with van der Waals surface area (Å²) in [7, 11) is 1.46. The van der Waals surface area contributed by atoms with E-state index in [2.05, 4.69) is 24.1 Å². The molecule has 118 valence electrons. The molecule has 1 aliphatic heterocycles. The lowest BCUT2D eigenvalue weighted by molar-refractivity contribution is -0.148. The van der Waals surface area contributed by atoms with E-state index in [0.717, 1.165) is 44.4 Å². The molecule has 0 saturated carbocycles. The normalized spacial score (nSPS) is 20.9. The van der Waals surface area contributed by atoms with Gasteiger partial charge in [0.05, 0.1) is 7.11 Å². The van der Waals surface area contributed by atoms with Crippen LogP contribution in [0, 0.1) is 11.8 Å². The van der Waals surface area contributed by atoms with Gasteiger partial charge < -0.3 is 15.0 Å². The molecule has 1 heterocycles. The summed E-state index contributed by atoms with van der Waals surface area (Å²) in [6.45, 7) is 12.7. The van der Waals surface area contributed by atoms with Crippen LogP contribution in [-0.2, 0) is 9.53 Å². The predicted octanol–water partition coefficient (Wildman–Crippen LogP) is 2.29. The first kappa shape index (κ1) is 17.4. The van der Waals surface area contributed by atoms with Crippen LogP contribution in [0.15, 0.2) is 0 Å². The van der Waals surface area contributed by atoms with Gasteiger partial charge in [-0.05, 0) is 57.7 Å². The molecule has 1 rings (SSSR count). The van der Waals surface area contributed by atoms with Crippen molar-refractivity contribution in [2.24, 2.45) is 11.8 Å². The molecule has 0 amide bonds. The van der Waals surface area contributed by atoms with E-state index in [1.54, 1.807) is 0 Å². The smallest absolute Gasteiger partial charge is 0.325 e. The average molecular weight is 284 g/mol. The fraction of sp³-hybridized carbons (Fsp3) is 0.938. The third-order valence-electron chi connectivity index (χ3n) is 4.71. The first-order valence-corrected chi connectivity index (χ1v) is 7.98. The zero-order valence-electron chi connectivity index (χ0n) is 13.9. The molecule has 1 fully saturated rings. The van der Waals surface area contributed by atoms with Gasteiger partial charge in [-0.3, -0.25) is 4.79 Å². The number of likely N-dealkylation sites (N-methyl/N-ethyl adjacent to an activating group) is 1. The quantitative estimate of drug-likeness (QED) is 0.728. The molecular formula is C16H32N2O2. The van der Waals surface area contributed by atoms with Crippen molar-refractivity contribution in [2.45, 2.75) is 52.5 Å². The van der Waals surface area contributed by atoms with Crippen molar-refractivity contribution >= 4 is 5.97 Å². The van der Waals surface area contributed by atoms with Crippen LogP contribution in [0.1, 0.15) is 47.0 Å². The first-order valence-electron chi connectivity index (χ1n) is 7.98. The Balaban J connectivity index is 2.43. The summed E-state index contributed by atoms with van der Waals surface area (Å²) in [4.78, 5) is 14.4. The molecule has 0 aromatic heterocycles. The first-order chi connectivity index (χ1) is 9.42. The van der Waals surface area contributed by atoms with Crippen LogP contribution in [0.2, 0.25) is 0 Å². The average Bonchev–Trinajstić information content (AvgIpc) is 2.45. The highest BCUT2D eigenvalue weighted by atomic mass is 16.5. The molecule has 0 spiro atoms. The fourth-order valence-corrected chi connectivity index (χ4v) is 3.10. The number of piperidine rings is 1. The number of carbonyl (C=O) groups is 1. The Morgan fingerprint density at radius 2 is 2.00 bits per heavy atom. The number of nitrogens with one attached hydrogen (secondary N) is 1. The highest BCUT2D eigenvalue weighted by Crippen LogP contribution is 2.25. The minimum atomic E-state index is -0.557. The maximum atomic E-state index is 11.9. The van der Waals surface area contributed by atoms with Gasteiger partial charge in [0.15, 0.2) is 0 Å². The number of nitrogens with zero attached hydrogens (tertiary/aromatic N) is 1. The van der Waals surface area contributed by atoms with Gasteiger partial charge in [0, 0.05) is 6.54 Å². The van der Waals surface area contributed by atoms with E-state index in [9.17, 15) is 4.79 Å². The SMILES string of the molecule is CCNC(C)(CCN1CCC(C(C)C)CC1)C(=O)OC. The van der Waals surface area contributed by atoms with Gasteiger partial charge in [-0.15, -0.1) is 0 Å². The maximum absolute atomic E-state index is 11.9. The van der Waals surface area contributed by atoms with E-state index in [1.807, 2.05) is 13.8 Å². The zero-order valence-corrected chi connectivity index (χ0v) is 13.9. The second-order valence-electron chi connectivity index (χ2n) is 6.53. The number of methoxy groups -OCH3 is 1. The van der Waals surface area contributed by atoms with Gasteiger partial charge in [-0.2, -0.15) is 0 Å². The number of hydrogen-bond donors (Lipinski definition) is 1. The minimum Gasteiger partial charge on any atom is -0.468 e. The second kappa shape index (κ2) is 7.99. The van der Waals surface area contributed by atoms with Crippen molar-refractivity contribution in [1.29, 1.82) is 0 Å². The summed E-state index contributed by atoms with van der Waals surface area (Å²) in [5, 5.41) is 3.28. The lowest BCUT2D eigenvalue weighted by Crippen LogP contribution is -2.52. The molecule has 1 N–H and O–H groups in total. The summed E-state index contributed by atoms with van der Waals surface area (Å²) in [5.41, 5.74) is -0.557. The van der Waals surface area contributed by atoms with Crippen molar-refractivity contribution in [3.8, 4) is 0 Å². The van der Waals surface area contributed by atoms with Crippen molar-refractivity contribution in [1.82, 2.24) is 10.2 Å². The molecule has 20 heavy (non-hydrogen) atoms. The summed E-state index contributed by atoms with van der Waals surface area (Å²) in [5.74, 6) is 1.50. The topological polar surface area (TPSA) is 41.6 Å². The van der Waals surface area contributed by atoms with Gasteiger partial charge in [0.1, 0.15) is 5.54 Å². The largest absolute Gasteiger partial charge is 0.468 e. The van der Waals surface area contributed by atoms with E-state index < -0.39 is 5.54 Å². The fourth-order valence-electron chi connectivity index (χ4n) is 3.10. The number of hydrogen-bond acceptors (Lipinski definition) is 4. The van der Waals surface area contributed by atoms with E-state index in [4.69, 9.17) is 4.74 Å². The van der Waals surface area contributed by atoms with Gasteiger partial charge in [0.25, 0.3) is 0 Å². The Morgan fingerprint density at radius 3 is 2.45 bits per heavy atom. The molecular weight excluding hydrogens is 252 g/mol. The number of rotatable bonds is 7. The second-order valence-corrected chi connectivity index (χ2v) is 6.53. The summed E-state index contributed by atoms with van der Waals surface area (Å²) in [6.07, 6.45) is 3.38. The van der Waals surface area contributed by atoms with Crippen LogP contribution < -0.4 is 5.32 Å². The lowest BCUT2D eigenvalue weighted by atomic mass is 9.86. The molecule has 0 bridgehead atoms. The van der Waals surface area contributed by atoms with Gasteiger partial charge in [-0.25, -0.2) is 0 Å². The molecule has 1 unspecified atom stereocenters. The zero-order chi connectivity index (χ0) is 15.2. The molecule has 0 radical (unpaired) electrons. The van der Waals surface area contributed by atoms with Gasteiger partial charge in [-0.1, -0.05) is 20.8 Å². The minimum absolute atomic E-state index is 0.156. The third-order valence-corrected chi connectivity index (χ3v) is 4.71. The van der Waals surface area contributed by atoms with Crippen molar-refractivity contribution in [3.63, 3.8) is 0 Å². The Kier molecular flexibility index (Phi) is 6.96. The molecule has 1 saturated heterocycles. The number of likely N-dealkylation sites (tertiary alicyclic amines) is 1. The summed E-state index contributed by atoms with van der Waals surface area (Å²) in [6, 6.07) is 0. The number of ether oxygens (including phenoxy) is 1. The monoisotopic (exact) mass is 284 g/mol. The van der Waals surface area contributed by atoms with Crippen LogP contribution in [0.5, 0.6) is 0 Å². The van der Waals surface area contributed by atoms with E-state index in [0.29, 0.717) is 0 Å². The number of carbonyl (C=O) groups excluding carboxylic acids is 1. The number of esters is 1. The molecule has 1 aliphatic rings. The molecule has 0 aromatic carbocycles. The van der Waals surface area contributed by atoms with Gasteiger partial charge in [0.2, 0.25) is 0 Å². The molecule has 0 aromatic rings. The molecule has 4 nitrogen and oxygen atoms in total. The summed E-state index contributed by atoms with van der Waals surface area (Å²) < 4.78 is 4.94. The van der Waals surface area contributed by atoms with Crippen molar-refractivity contribution < 1.29 is 9.53 Å². The maximum Gasteiger partial charge on any atom is 0.325 e. The Hall–Kier alpha value is -0.610. The highest BCUT2D eigenvalue weighted by molar-refractivity contribution is 5.80. The molecule has 4 heteroatoms. The Labute approximate surface area is 124 Å². The van der Waals surface area contributed by atoms with E-state index >= 15 is 0 Å². The van der Waals surface area contributed by atoms with Crippen LogP contribution in [0.25, 0.3) is 0 Å². The van der Waals surface area contributed by atoms with Crippen molar-refractivity contribution in [2.75, 3.05) is 33.3 Å². The van der Waals surface area contributed by atoms with Crippen LogP contribution in [0.3, 0.4) is 0 Å². The summed E-state index contributed by atoms with van der Waals surface area (Å²) >= 11 is 0. The van der Waals surface area contributed by atoms with Gasteiger partial charge >= 0.3 is 5.97 Å². The third kappa shape index (κ3) is 4.74.